The molecule has 2 heterocycles. The maximum atomic E-state index is 12.0. The van der Waals surface area contributed by atoms with Crippen molar-refractivity contribution in [3.05, 3.63) is 53.2 Å². The van der Waals surface area contributed by atoms with Gasteiger partial charge in [0.1, 0.15) is 0 Å². The van der Waals surface area contributed by atoms with Crippen molar-refractivity contribution in [2.45, 2.75) is 65.5 Å². The number of primary amides is 1. The lowest BCUT2D eigenvalue weighted by molar-refractivity contribution is -0.117. The summed E-state index contributed by atoms with van der Waals surface area (Å²) in [5.41, 5.74) is 11.3. The Morgan fingerprint density at radius 1 is 1.13 bits per heavy atom. The van der Waals surface area contributed by atoms with Gasteiger partial charge in [-0.2, -0.15) is 0 Å². The van der Waals surface area contributed by atoms with E-state index >= 15 is 0 Å². The molecule has 0 aliphatic carbocycles. The predicted octanol–water partition coefficient (Wildman–Crippen LogP) is 4.71. The van der Waals surface area contributed by atoms with Crippen molar-refractivity contribution in [1.82, 2.24) is 9.88 Å². The number of rotatable bonds is 12. The molecule has 1 aromatic heterocycles. The van der Waals surface area contributed by atoms with Gasteiger partial charge in [-0.25, -0.2) is 0 Å². The van der Waals surface area contributed by atoms with E-state index in [4.69, 9.17) is 15.2 Å². The quantitative estimate of drug-likeness (QED) is 0.317. The fraction of sp³-hybridized carbons (Fsp3) is 0.467. The molecule has 0 radical (unpaired) electrons. The maximum Gasteiger partial charge on any atom is 0.221 e. The standard InChI is InChI=1S/C30H40N4O4/c1-4-23-20(18-34-13-8-7-11-22(34)19-35)10-9-12-25(23)33-30-21(14-29(31)36)17-32-26-16-28(38-6-3)27(37-5-2)15-24(26)30/h9-10,12,15-17,22,35H,4-8,11,13-14,18-19H2,1-3H3,(H2,31,36)(H,32,33). The topological polar surface area (TPSA) is 110 Å². The van der Waals surface area contributed by atoms with Crippen molar-refractivity contribution in [2.75, 3.05) is 31.7 Å². The van der Waals surface area contributed by atoms with Crippen LogP contribution < -0.4 is 20.5 Å². The number of benzene rings is 2. The van der Waals surface area contributed by atoms with Gasteiger partial charge >= 0.3 is 0 Å². The minimum absolute atomic E-state index is 0.0650. The lowest BCUT2D eigenvalue weighted by Crippen LogP contribution is -2.41. The Morgan fingerprint density at radius 3 is 2.58 bits per heavy atom. The molecule has 1 fully saturated rings. The van der Waals surface area contributed by atoms with E-state index in [1.165, 1.54) is 11.1 Å². The molecule has 0 spiro atoms. The van der Waals surface area contributed by atoms with Crippen LogP contribution in [0.5, 0.6) is 11.5 Å². The van der Waals surface area contributed by atoms with E-state index < -0.39 is 5.91 Å². The minimum Gasteiger partial charge on any atom is -0.490 e. The second-order valence-corrected chi connectivity index (χ2v) is 9.71. The number of anilines is 2. The molecule has 2 aromatic carbocycles. The van der Waals surface area contributed by atoms with Gasteiger partial charge in [-0.3, -0.25) is 14.7 Å². The molecule has 204 valence electrons. The Bertz CT molecular complexity index is 1260. The van der Waals surface area contributed by atoms with Crippen LogP contribution in [0, 0.1) is 0 Å². The van der Waals surface area contributed by atoms with Crippen LogP contribution in [0.2, 0.25) is 0 Å². The third kappa shape index (κ3) is 6.19. The molecular formula is C30H40N4O4. The number of likely N-dealkylation sites (tertiary alicyclic amines) is 1. The number of aliphatic hydroxyl groups is 1. The van der Waals surface area contributed by atoms with Gasteiger partial charge in [-0.1, -0.05) is 25.5 Å². The molecule has 1 atom stereocenters. The number of nitrogens with zero attached hydrogens (tertiary/aromatic N) is 2. The van der Waals surface area contributed by atoms with E-state index in [9.17, 15) is 9.90 Å². The molecular weight excluding hydrogens is 480 g/mol. The van der Waals surface area contributed by atoms with E-state index in [-0.39, 0.29) is 19.1 Å². The van der Waals surface area contributed by atoms with Gasteiger partial charge in [0.05, 0.1) is 37.4 Å². The lowest BCUT2D eigenvalue weighted by Gasteiger charge is -2.35. The van der Waals surface area contributed by atoms with Crippen molar-refractivity contribution in [3.8, 4) is 11.5 Å². The van der Waals surface area contributed by atoms with Crippen LogP contribution in [0.25, 0.3) is 10.9 Å². The van der Waals surface area contributed by atoms with Gasteiger partial charge in [-0.05, 0) is 62.9 Å². The molecule has 4 rings (SSSR count). The van der Waals surface area contributed by atoms with Crippen molar-refractivity contribution >= 4 is 28.2 Å². The fourth-order valence-corrected chi connectivity index (χ4v) is 5.39. The number of ether oxygens (including phenoxy) is 2. The third-order valence-corrected chi connectivity index (χ3v) is 7.20. The Kier molecular flexibility index (Phi) is 9.42. The molecule has 1 aliphatic rings. The van der Waals surface area contributed by atoms with Crippen molar-refractivity contribution in [3.63, 3.8) is 0 Å². The van der Waals surface area contributed by atoms with Crippen molar-refractivity contribution in [1.29, 1.82) is 0 Å². The number of amides is 1. The Balaban J connectivity index is 1.79. The molecule has 1 amide bonds. The highest BCUT2D eigenvalue weighted by Crippen LogP contribution is 2.38. The molecule has 1 aliphatic heterocycles. The summed E-state index contributed by atoms with van der Waals surface area (Å²) in [6, 6.07) is 10.3. The summed E-state index contributed by atoms with van der Waals surface area (Å²) >= 11 is 0. The first-order valence-electron chi connectivity index (χ1n) is 13.7. The van der Waals surface area contributed by atoms with Crippen LogP contribution in [-0.2, 0) is 24.2 Å². The molecule has 8 heteroatoms. The second-order valence-electron chi connectivity index (χ2n) is 9.71. The van der Waals surface area contributed by atoms with Gasteiger partial charge < -0.3 is 25.6 Å². The Morgan fingerprint density at radius 2 is 1.89 bits per heavy atom. The van der Waals surface area contributed by atoms with Crippen LogP contribution in [0.1, 0.15) is 56.7 Å². The van der Waals surface area contributed by atoms with E-state index in [2.05, 4.69) is 40.3 Å². The zero-order valence-corrected chi connectivity index (χ0v) is 22.8. The summed E-state index contributed by atoms with van der Waals surface area (Å²) in [6.07, 6.45) is 5.96. The lowest BCUT2D eigenvalue weighted by atomic mass is 9.98. The molecule has 0 saturated carbocycles. The normalized spacial score (nSPS) is 15.9. The van der Waals surface area contributed by atoms with Crippen LogP contribution in [0.3, 0.4) is 0 Å². The number of hydrogen-bond donors (Lipinski definition) is 3. The summed E-state index contributed by atoms with van der Waals surface area (Å²) in [7, 11) is 0. The fourth-order valence-electron chi connectivity index (χ4n) is 5.39. The molecule has 1 unspecified atom stereocenters. The van der Waals surface area contributed by atoms with Crippen LogP contribution in [-0.4, -0.2) is 53.3 Å². The average molecular weight is 521 g/mol. The third-order valence-electron chi connectivity index (χ3n) is 7.20. The first-order valence-corrected chi connectivity index (χ1v) is 13.7. The largest absolute Gasteiger partial charge is 0.490 e. The first kappa shape index (κ1) is 27.7. The van der Waals surface area contributed by atoms with Crippen LogP contribution >= 0.6 is 0 Å². The number of pyridine rings is 1. The second kappa shape index (κ2) is 12.9. The summed E-state index contributed by atoms with van der Waals surface area (Å²) in [5.74, 6) is 0.849. The van der Waals surface area contributed by atoms with Crippen LogP contribution in [0.4, 0.5) is 11.4 Å². The number of piperidine rings is 1. The zero-order chi connectivity index (χ0) is 27.1. The number of aliphatic hydroxyl groups excluding tert-OH is 1. The number of carbonyl (C=O) groups is 1. The predicted molar refractivity (Wildman–Crippen MR) is 151 cm³/mol. The maximum absolute atomic E-state index is 12.0. The average Bonchev–Trinajstić information content (AvgIpc) is 2.91. The number of fused-ring (bicyclic) bond motifs is 1. The molecule has 38 heavy (non-hydrogen) atoms. The van der Waals surface area contributed by atoms with Gasteiger partial charge in [0.2, 0.25) is 5.91 Å². The van der Waals surface area contributed by atoms with Crippen molar-refractivity contribution in [2.24, 2.45) is 5.73 Å². The van der Waals surface area contributed by atoms with E-state index in [1.807, 2.05) is 26.0 Å². The number of carbonyl (C=O) groups excluding carboxylic acids is 1. The number of nitrogens with one attached hydrogen (secondary N) is 1. The smallest absolute Gasteiger partial charge is 0.221 e. The molecule has 0 bridgehead atoms. The highest BCUT2D eigenvalue weighted by atomic mass is 16.5. The first-order chi connectivity index (χ1) is 18.5. The minimum atomic E-state index is -0.422. The Hall–Kier alpha value is -3.36. The number of hydrogen-bond acceptors (Lipinski definition) is 7. The zero-order valence-electron chi connectivity index (χ0n) is 22.8. The highest BCUT2D eigenvalue weighted by Gasteiger charge is 2.23. The molecule has 4 N–H and O–H groups in total. The number of nitrogens with two attached hydrogens (primary N) is 1. The summed E-state index contributed by atoms with van der Waals surface area (Å²) in [5, 5.41) is 14.4. The summed E-state index contributed by atoms with van der Waals surface area (Å²) in [6.45, 7) is 9.00. The van der Waals surface area contributed by atoms with Gasteiger partial charge in [-0.15, -0.1) is 0 Å². The SMILES string of the molecule is CCOc1cc2ncc(CC(N)=O)c(Nc3cccc(CN4CCCCC4CO)c3CC)c2cc1OCC. The summed E-state index contributed by atoms with van der Waals surface area (Å²) in [4.78, 5) is 19.0. The van der Waals surface area contributed by atoms with Crippen LogP contribution in [0.15, 0.2) is 36.5 Å². The van der Waals surface area contributed by atoms with E-state index in [0.717, 1.165) is 66.6 Å². The van der Waals surface area contributed by atoms with Crippen molar-refractivity contribution < 1.29 is 19.4 Å². The molecule has 1 saturated heterocycles. The highest BCUT2D eigenvalue weighted by molar-refractivity contribution is 5.98. The monoisotopic (exact) mass is 520 g/mol. The van der Waals surface area contributed by atoms with Gasteiger partial charge in [0, 0.05) is 41.5 Å². The Labute approximate surface area is 225 Å². The van der Waals surface area contributed by atoms with E-state index in [0.29, 0.717) is 24.7 Å². The van der Waals surface area contributed by atoms with E-state index in [1.54, 1.807) is 6.20 Å². The molecule has 3 aromatic rings. The number of aromatic nitrogens is 1. The van der Waals surface area contributed by atoms with Gasteiger partial charge in [0.25, 0.3) is 0 Å². The summed E-state index contributed by atoms with van der Waals surface area (Å²) < 4.78 is 11.7. The molecule has 8 nitrogen and oxygen atoms in total. The van der Waals surface area contributed by atoms with Gasteiger partial charge in [0.15, 0.2) is 11.5 Å².